The number of rotatable bonds is 7. The first-order valence-electron chi connectivity index (χ1n) is 11.0. The average molecular weight is 429 g/mol. The molecule has 1 aliphatic rings. The molecule has 0 aromatic heterocycles. The van der Waals surface area contributed by atoms with Gasteiger partial charge in [-0.05, 0) is 78.0 Å². The highest BCUT2D eigenvalue weighted by Gasteiger charge is 2.18. The van der Waals surface area contributed by atoms with E-state index in [1.165, 1.54) is 0 Å². The van der Waals surface area contributed by atoms with E-state index in [2.05, 4.69) is 11.4 Å². The van der Waals surface area contributed by atoms with Gasteiger partial charge in [0, 0.05) is 24.2 Å². The molecule has 3 aromatic rings. The molecule has 0 fully saturated rings. The van der Waals surface area contributed by atoms with Crippen LogP contribution in [-0.2, 0) is 4.74 Å². The number of carbonyl (C=O) groups is 2. The smallest absolute Gasteiger partial charge is 0.338 e. The van der Waals surface area contributed by atoms with Crippen LogP contribution >= 0.6 is 0 Å². The molecule has 0 saturated carbocycles. The highest BCUT2D eigenvalue weighted by Crippen LogP contribution is 2.22. The molecule has 164 valence electrons. The average Bonchev–Trinajstić information content (AvgIpc) is 3.06. The monoisotopic (exact) mass is 428 g/mol. The number of fused-ring (bicyclic) bond motifs is 1. The summed E-state index contributed by atoms with van der Waals surface area (Å²) in [5, 5.41) is 5.51. The molecule has 1 unspecified atom stereocenters. The van der Waals surface area contributed by atoms with Gasteiger partial charge in [-0.15, -0.1) is 0 Å². The van der Waals surface area contributed by atoms with E-state index in [1.54, 1.807) is 30.3 Å². The Morgan fingerprint density at radius 2 is 1.72 bits per heavy atom. The lowest BCUT2D eigenvalue weighted by molar-refractivity contribution is 0.0536. The second-order valence-electron chi connectivity index (χ2n) is 8.31. The van der Waals surface area contributed by atoms with E-state index < -0.39 is 0 Å². The van der Waals surface area contributed by atoms with Gasteiger partial charge in [0.15, 0.2) is 5.78 Å². The Morgan fingerprint density at radius 1 is 0.969 bits per heavy atom. The fraction of sp³-hybridized carbons (Fsp3) is 0.259. The summed E-state index contributed by atoms with van der Waals surface area (Å²) in [6.45, 7) is 1.86. The van der Waals surface area contributed by atoms with Crippen molar-refractivity contribution in [2.75, 3.05) is 25.4 Å². The van der Waals surface area contributed by atoms with Gasteiger partial charge < -0.3 is 15.8 Å². The van der Waals surface area contributed by atoms with E-state index in [4.69, 9.17) is 10.5 Å². The predicted molar refractivity (Wildman–Crippen MR) is 128 cm³/mol. The van der Waals surface area contributed by atoms with Crippen LogP contribution in [0.4, 0.5) is 5.69 Å². The number of ether oxygens (including phenoxy) is 1. The molecule has 1 atom stereocenters. The normalized spacial score (nSPS) is 16.2. The third-order valence-electron chi connectivity index (χ3n) is 5.91. The number of carbonyl (C=O) groups excluding carboxylic acids is 2. The molecule has 4 rings (SSSR count). The Kier molecular flexibility index (Phi) is 6.97. The molecule has 3 N–H and O–H groups in total. The molecule has 1 aliphatic heterocycles. The van der Waals surface area contributed by atoms with Gasteiger partial charge in [-0.1, -0.05) is 36.4 Å². The van der Waals surface area contributed by atoms with E-state index >= 15 is 0 Å². The molecule has 0 radical (unpaired) electrons. The van der Waals surface area contributed by atoms with Crippen LogP contribution in [0.3, 0.4) is 0 Å². The predicted octanol–water partition coefficient (Wildman–Crippen LogP) is 4.78. The van der Waals surface area contributed by atoms with Crippen molar-refractivity contribution in [3.8, 4) is 0 Å². The summed E-state index contributed by atoms with van der Waals surface area (Å²) in [6, 6.07) is 20.6. The number of hydrogen-bond acceptors (Lipinski definition) is 5. The SMILES string of the molecule is Nc1ccc(C(=O)CCC2CNCC=C(COC(=O)c3ccc4ccccc4c3)C2)cc1. The number of esters is 1. The van der Waals surface area contributed by atoms with Gasteiger partial charge in [0.05, 0.1) is 5.56 Å². The highest BCUT2D eigenvalue weighted by molar-refractivity contribution is 5.96. The number of benzene rings is 3. The minimum Gasteiger partial charge on any atom is -0.458 e. The van der Waals surface area contributed by atoms with Gasteiger partial charge in [-0.25, -0.2) is 4.79 Å². The van der Waals surface area contributed by atoms with Gasteiger partial charge >= 0.3 is 5.97 Å². The van der Waals surface area contributed by atoms with Crippen LogP contribution < -0.4 is 11.1 Å². The summed E-state index contributed by atoms with van der Waals surface area (Å²) in [6.07, 6.45) is 4.18. The van der Waals surface area contributed by atoms with Crippen molar-refractivity contribution < 1.29 is 14.3 Å². The van der Waals surface area contributed by atoms with Gasteiger partial charge in [-0.2, -0.15) is 0 Å². The van der Waals surface area contributed by atoms with Gasteiger partial charge in [0.2, 0.25) is 0 Å². The summed E-state index contributed by atoms with van der Waals surface area (Å²) in [5.74, 6) is 0.132. The first-order chi connectivity index (χ1) is 15.6. The molecule has 0 bridgehead atoms. The van der Waals surface area contributed by atoms with Crippen molar-refractivity contribution in [2.45, 2.75) is 19.3 Å². The molecular formula is C27H28N2O3. The molecule has 5 nitrogen and oxygen atoms in total. The topological polar surface area (TPSA) is 81.4 Å². The molecular weight excluding hydrogens is 400 g/mol. The zero-order chi connectivity index (χ0) is 22.3. The molecule has 0 amide bonds. The first-order valence-corrected chi connectivity index (χ1v) is 11.0. The van der Waals surface area contributed by atoms with Crippen LogP contribution in [0.15, 0.2) is 78.4 Å². The number of hydrogen-bond donors (Lipinski definition) is 2. The van der Waals surface area contributed by atoms with E-state index in [0.29, 0.717) is 29.2 Å². The maximum absolute atomic E-state index is 12.6. The second-order valence-corrected chi connectivity index (χ2v) is 8.31. The van der Waals surface area contributed by atoms with E-state index in [1.807, 2.05) is 36.4 Å². The van der Waals surface area contributed by atoms with Gasteiger partial charge in [0.1, 0.15) is 6.61 Å². The standard InChI is InChI=1S/C27H28N2O3/c28-25-10-8-22(9-11-25)26(30)12-5-19-15-20(13-14-29-17-19)18-32-27(31)24-7-6-21-3-1-2-4-23(21)16-24/h1-4,6-11,13,16,19,29H,5,12,14-15,17-18,28H2. The van der Waals surface area contributed by atoms with Crippen molar-refractivity contribution in [3.63, 3.8) is 0 Å². The van der Waals surface area contributed by atoms with Crippen LogP contribution in [0, 0.1) is 5.92 Å². The molecule has 1 heterocycles. The molecule has 0 aliphatic carbocycles. The molecule has 32 heavy (non-hydrogen) atoms. The van der Waals surface area contributed by atoms with E-state index in [9.17, 15) is 9.59 Å². The van der Waals surface area contributed by atoms with Crippen molar-refractivity contribution >= 4 is 28.2 Å². The molecule has 3 aromatic carbocycles. The Labute approximate surface area is 188 Å². The fourth-order valence-electron chi connectivity index (χ4n) is 4.06. The van der Waals surface area contributed by atoms with Crippen molar-refractivity contribution in [1.82, 2.24) is 5.32 Å². The first kappa shape index (κ1) is 21.8. The van der Waals surface area contributed by atoms with Crippen LogP contribution in [0.5, 0.6) is 0 Å². The summed E-state index contributed by atoms with van der Waals surface area (Å²) in [4.78, 5) is 25.1. The van der Waals surface area contributed by atoms with Crippen molar-refractivity contribution in [3.05, 3.63) is 89.5 Å². The van der Waals surface area contributed by atoms with Crippen LogP contribution in [0.1, 0.15) is 40.0 Å². The Bertz CT molecular complexity index is 1140. The van der Waals surface area contributed by atoms with E-state index in [-0.39, 0.29) is 18.4 Å². The third kappa shape index (κ3) is 5.62. The largest absolute Gasteiger partial charge is 0.458 e. The Hall–Kier alpha value is -3.44. The third-order valence-corrected chi connectivity index (χ3v) is 5.91. The molecule has 0 spiro atoms. The number of nitrogen functional groups attached to an aromatic ring is 1. The van der Waals surface area contributed by atoms with Gasteiger partial charge in [0.25, 0.3) is 0 Å². The lowest BCUT2D eigenvalue weighted by Crippen LogP contribution is -2.21. The maximum Gasteiger partial charge on any atom is 0.338 e. The van der Waals surface area contributed by atoms with Crippen LogP contribution in [0.25, 0.3) is 10.8 Å². The number of nitrogens with one attached hydrogen (secondary N) is 1. The van der Waals surface area contributed by atoms with Crippen LogP contribution in [-0.4, -0.2) is 31.4 Å². The minimum atomic E-state index is -0.316. The minimum absolute atomic E-state index is 0.127. The fourth-order valence-corrected chi connectivity index (χ4v) is 4.06. The van der Waals surface area contributed by atoms with Gasteiger partial charge in [-0.3, -0.25) is 4.79 Å². The number of anilines is 1. The Balaban J connectivity index is 1.30. The van der Waals surface area contributed by atoms with E-state index in [0.717, 1.165) is 42.3 Å². The molecule has 5 heteroatoms. The zero-order valence-corrected chi connectivity index (χ0v) is 18.1. The quantitative estimate of drug-likeness (QED) is 0.245. The lowest BCUT2D eigenvalue weighted by atomic mass is 9.93. The second kappa shape index (κ2) is 10.2. The lowest BCUT2D eigenvalue weighted by Gasteiger charge is -2.16. The summed E-state index contributed by atoms with van der Waals surface area (Å²) >= 11 is 0. The summed E-state index contributed by atoms with van der Waals surface area (Å²) in [5.41, 5.74) is 8.70. The van der Waals surface area contributed by atoms with Crippen LogP contribution in [0.2, 0.25) is 0 Å². The number of ketones is 1. The number of nitrogens with two attached hydrogens (primary N) is 1. The molecule has 0 saturated heterocycles. The summed E-state index contributed by atoms with van der Waals surface area (Å²) < 4.78 is 5.61. The van der Waals surface area contributed by atoms with Crippen molar-refractivity contribution in [1.29, 1.82) is 0 Å². The maximum atomic E-state index is 12.6. The Morgan fingerprint density at radius 3 is 2.53 bits per heavy atom. The highest BCUT2D eigenvalue weighted by atomic mass is 16.5. The zero-order valence-electron chi connectivity index (χ0n) is 18.1. The summed E-state index contributed by atoms with van der Waals surface area (Å²) in [7, 11) is 0. The number of Topliss-reactive ketones (excluding diaryl/α,β-unsaturated/α-hetero) is 1. The van der Waals surface area contributed by atoms with Crippen molar-refractivity contribution in [2.24, 2.45) is 5.92 Å².